The number of hydrogen-bond donors (Lipinski definition) is 0. The number of carbonyl (C=O) groups is 3. The molecule has 150 valence electrons. The van der Waals surface area contributed by atoms with Gasteiger partial charge in [-0.1, -0.05) is 42.8 Å². The molecule has 0 aliphatic carbocycles. The molecule has 0 radical (unpaired) electrons. The lowest BCUT2D eigenvalue weighted by Crippen LogP contribution is -2.30. The Morgan fingerprint density at radius 1 is 1.00 bits per heavy atom. The molecule has 29 heavy (non-hydrogen) atoms. The number of benzene rings is 2. The van der Waals surface area contributed by atoms with Crippen LogP contribution in [0.15, 0.2) is 53.6 Å². The summed E-state index contributed by atoms with van der Waals surface area (Å²) >= 11 is 6.18. The van der Waals surface area contributed by atoms with Crippen LogP contribution in [0.1, 0.15) is 34.8 Å². The van der Waals surface area contributed by atoms with E-state index in [-0.39, 0.29) is 17.2 Å². The molecule has 0 saturated carbocycles. The average Bonchev–Trinajstić information content (AvgIpc) is 2.95. The van der Waals surface area contributed by atoms with Gasteiger partial charge in [0.05, 0.1) is 31.4 Å². The topological polar surface area (TPSA) is 72.9 Å². The summed E-state index contributed by atoms with van der Waals surface area (Å²) < 4.78 is 10.2. The summed E-state index contributed by atoms with van der Waals surface area (Å²) in [7, 11) is 1.54. The molecule has 1 heterocycles. The predicted molar refractivity (Wildman–Crippen MR) is 108 cm³/mol. The summed E-state index contributed by atoms with van der Waals surface area (Å²) in [5, 5.41) is -0.111. The van der Waals surface area contributed by atoms with E-state index in [0.717, 1.165) is 11.3 Å². The average molecular weight is 414 g/mol. The Bertz CT molecular complexity index is 964. The molecule has 0 saturated heterocycles. The van der Waals surface area contributed by atoms with Crippen LogP contribution in [0.25, 0.3) is 5.57 Å². The molecule has 0 fully saturated rings. The monoisotopic (exact) mass is 413 g/mol. The van der Waals surface area contributed by atoms with Crippen molar-refractivity contribution in [3.8, 4) is 5.75 Å². The number of methoxy groups -OCH3 is 1. The molecule has 3 rings (SSSR count). The smallest absolute Gasteiger partial charge is 0.338 e. The van der Waals surface area contributed by atoms with Gasteiger partial charge in [0.1, 0.15) is 10.8 Å². The van der Waals surface area contributed by atoms with Crippen LogP contribution in [0.3, 0.4) is 0 Å². The highest BCUT2D eigenvalue weighted by Crippen LogP contribution is 2.33. The lowest BCUT2D eigenvalue weighted by Gasteiger charge is -2.15. The van der Waals surface area contributed by atoms with Crippen molar-refractivity contribution in [2.75, 3.05) is 13.7 Å². The Kier molecular flexibility index (Phi) is 6.34. The van der Waals surface area contributed by atoms with Gasteiger partial charge < -0.3 is 9.47 Å². The van der Waals surface area contributed by atoms with E-state index in [0.29, 0.717) is 29.0 Å². The van der Waals surface area contributed by atoms with Gasteiger partial charge in [0.15, 0.2) is 0 Å². The van der Waals surface area contributed by atoms with Gasteiger partial charge >= 0.3 is 5.97 Å². The second-order valence-corrected chi connectivity index (χ2v) is 6.82. The summed E-state index contributed by atoms with van der Waals surface area (Å²) in [6.45, 7) is 2.33. The van der Waals surface area contributed by atoms with Crippen molar-refractivity contribution in [1.29, 1.82) is 0 Å². The summed E-state index contributed by atoms with van der Waals surface area (Å²) in [6.07, 6.45) is 0.743. The van der Waals surface area contributed by atoms with Gasteiger partial charge in [0.25, 0.3) is 11.8 Å². The van der Waals surface area contributed by atoms with Crippen molar-refractivity contribution in [1.82, 2.24) is 4.90 Å². The normalized spacial score (nSPS) is 13.8. The highest BCUT2D eigenvalue weighted by molar-refractivity contribution is 6.55. The van der Waals surface area contributed by atoms with E-state index in [1.807, 2.05) is 6.92 Å². The van der Waals surface area contributed by atoms with Crippen molar-refractivity contribution in [3.63, 3.8) is 0 Å². The maximum atomic E-state index is 12.8. The summed E-state index contributed by atoms with van der Waals surface area (Å²) in [5.41, 5.74) is 1.82. The van der Waals surface area contributed by atoms with Crippen LogP contribution in [0.4, 0.5) is 0 Å². The zero-order valence-corrected chi connectivity index (χ0v) is 16.9. The number of hydrogen-bond acceptors (Lipinski definition) is 5. The molecule has 0 bridgehead atoms. The molecular formula is C22H20ClNO5. The van der Waals surface area contributed by atoms with E-state index >= 15 is 0 Å². The molecule has 6 nitrogen and oxygen atoms in total. The molecule has 0 atom stereocenters. The molecule has 2 aromatic rings. The van der Waals surface area contributed by atoms with Crippen molar-refractivity contribution < 1.29 is 23.9 Å². The van der Waals surface area contributed by atoms with Gasteiger partial charge in [-0.15, -0.1) is 0 Å². The Labute approximate surface area is 173 Å². The molecule has 2 aromatic carbocycles. The third kappa shape index (κ3) is 4.32. The van der Waals surface area contributed by atoms with Crippen molar-refractivity contribution in [2.24, 2.45) is 0 Å². The van der Waals surface area contributed by atoms with Crippen LogP contribution in [0.2, 0.25) is 0 Å². The number of nitrogens with zero attached hydrogens (tertiary/aromatic N) is 1. The quantitative estimate of drug-likeness (QED) is 0.510. The Balaban J connectivity index is 1.75. The molecule has 1 aliphatic heterocycles. The van der Waals surface area contributed by atoms with Gasteiger partial charge in [-0.2, -0.15) is 0 Å². The lowest BCUT2D eigenvalue weighted by atomic mass is 10.1. The number of amides is 2. The minimum Gasteiger partial charge on any atom is -0.497 e. The van der Waals surface area contributed by atoms with Crippen molar-refractivity contribution >= 4 is 35.0 Å². The maximum Gasteiger partial charge on any atom is 0.338 e. The second-order valence-electron chi connectivity index (χ2n) is 6.45. The fourth-order valence-electron chi connectivity index (χ4n) is 2.90. The first kappa shape index (κ1) is 20.6. The van der Waals surface area contributed by atoms with Crippen LogP contribution in [0, 0.1) is 0 Å². The Morgan fingerprint density at radius 3 is 2.24 bits per heavy atom. The third-order valence-corrected chi connectivity index (χ3v) is 4.81. The first-order chi connectivity index (χ1) is 14.0. The Morgan fingerprint density at radius 2 is 1.66 bits per heavy atom. The van der Waals surface area contributed by atoms with Gasteiger partial charge in [-0.3, -0.25) is 14.5 Å². The van der Waals surface area contributed by atoms with Crippen molar-refractivity contribution in [3.05, 3.63) is 70.3 Å². The molecule has 0 aromatic heterocycles. The zero-order valence-electron chi connectivity index (χ0n) is 16.1. The summed E-state index contributed by atoms with van der Waals surface area (Å²) in [4.78, 5) is 38.3. The zero-order chi connectivity index (χ0) is 21.0. The van der Waals surface area contributed by atoms with Crippen LogP contribution in [0.5, 0.6) is 5.75 Å². The lowest BCUT2D eigenvalue weighted by molar-refractivity contribution is -0.137. The van der Waals surface area contributed by atoms with Gasteiger partial charge in [-0.25, -0.2) is 4.79 Å². The van der Waals surface area contributed by atoms with Gasteiger partial charge in [0.2, 0.25) is 0 Å². The molecule has 0 spiro atoms. The van der Waals surface area contributed by atoms with Crippen LogP contribution in [-0.2, 0) is 20.9 Å². The van der Waals surface area contributed by atoms with E-state index < -0.39 is 17.8 Å². The van der Waals surface area contributed by atoms with Gasteiger partial charge in [0, 0.05) is 0 Å². The number of halogens is 1. The Hall–Kier alpha value is -3.12. The molecule has 1 aliphatic rings. The highest BCUT2D eigenvalue weighted by atomic mass is 35.5. The van der Waals surface area contributed by atoms with Crippen LogP contribution < -0.4 is 4.74 Å². The van der Waals surface area contributed by atoms with Crippen LogP contribution >= 0.6 is 11.6 Å². The molecular weight excluding hydrogens is 394 g/mol. The SMILES string of the molecule is CCCOC(=O)c1ccc(CN2C(=O)C(Cl)=C(c3ccc(OC)cc3)C2=O)cc1. The minimum atomic E-state index is -0.547. The number of esters is 1. The van der Waals surface area contributed by atoms with Gasteiger partial charge in [-0.05, 0) is 41.8 Å². The molecule has 2 amide bonds. The molecule has 0 N–H and O–H groups in total. The first-order valence-electron chi connectivity index (χ1n) is 9.12. The second kappa shape index (κ2) is 8.92. The van der Waals surface area contributed by atoms with E-state index in [4.69, 9.17) is 21.1 Å². The summed E-state index contributed by atoms with van der Waals surface area (Å²) in [6, 6.07) is 13.3. The third-order valence-electron chi connectivity index (χ3n) is 4.46. The largest absolute Gasteiger partial charge is 0.497 e. The van der Waals surface area contributed by atoms with E-state index in [9.17, 15) is 14.4 Å². The van der Waals surface area contributed by atoms with Crippen molar-refractivity contribution in [2.45, 2.75) is 19.9 Å². The maximum absolute atomic E-state index is 12.8. The minimum absolute atomic E-state index is 0.0534. The first-order valence-corrected chi connectivity index (χ1v) is 9.50. The summed E-state index contributed by atoms with van der Waals surface area (Å²) in [5.74, 6) is -0.777. The molecule has 7 heteroatoms. The van der Waals surface area contributed by atoms with E-state index in [2.05, 4.69) is 0 Å². The van der Waals surface area contributed by atoms with Crippen LogP contribution in [-0.4, -0.2) is 36.4 Å². The van der Waals surface area contributed by atoms with E-state index in [1.165, 1.54) is 0 Å². The number of imide groups is 1. The number of rotatable bonds is 7. The number of ether oxygens (including phenoxy) is 2. The fourth-order valence-corrected chi connectivity index (χ4v) is 3.20. The number of carbonyl (C=O) groups excluding carboxylic acids is 3. The predicted octanol–water partition coefficient (Wildman–Crippen LogP) is 3.78. The van der Waals surface area contributed by atoms with E-state index in [1.54, 1.807) is 55.6 Å². The standard InChI is InChI=1S/C22H20ClNO5/c1-3-12-29-22(27)16-6-4-14(5-7-16)13-24-20(25)18(19(23)21(24)26)15-8-10-17(28-2)11-9-15/h4-11H,3,12-13H2,1-2H3. The fraction of sp³-hybridized carbons (Fsp3) is 0.227. The molecule has 0 unspecified atom stereocenters. The highest BCUT2D eigenvalue weighted by Gasteiger charge is 2.38.